The normalized spacial score (nSPS) is 33.1. The number of carbonyl (C=O) groups excluding carboxylic acids is 4. The fourth-order valence-corrected chi connectivity index (χ4v) is 7.92. The first kappa shape index (κ1) is 27.0. The third-order valence-corrected chi connectivity index (χ3v) is 10.2. The number of allylic oxidation sites excluding steroid dienone is 2. The van der Waals surface area contributed by atoms with Crippen LogP contribution in [0.25, 0.3) is 0 Å². The molecule has 3 N–H and O–H groups in total. The summed E-state index contributed by atoms with van der Waals surface area (Å²) < 4.78 is 14.6. The highest BCUT2D eigenvalue weighted by molar-refractivity contribution is 6.58. The molecule has 2 aliphatic carbocycles. The van der Waals surface area contributed by atoms with Crippen molar-refractivity contribution in [3.05, 3.63) is 65.5 Å². The van der Waals surface area contributed by atoms with Crippen LogP contribution < -0.4 is 10.4 Å². The molecule has 9 nitrogen and oxygen atoms in total. The molecule has 0 aromatic heterocycles. The Labute approximate surface area is 237 Å². The van der Waals surface area contributed by atoms with Gasteiger partial charge in [-0.25, -0.2) is 4.39 Å². The van der Waals surface area contributed by atoms with Gasteiger partial charge in [0.05, 0.1) is 17.5 Å². The lowest BCUT2D eigenvalue weighted by atomic mass is 9.56. The fraction of sp³-hybridized carbons (Fsp3) is 0.333. The summed E-state index contributed by atoms with van der Waals surface area (Å²) in [7, 11) is -0.565. The zero-order valence-corrected chi connectivity index (χ0v) is 22.4. The first-order valence-electron chi connectivity index (χ1n) is 12.6. The standard InChI is InChI=1S/C27H22BCl2FN2O7/c1-32-24(37)26(29)11-17-15(21(27(26,30)25(32)38)12-5-8-19(34)18(31)9-12)6-7-16-20(17)23(36)33(22(16)35)14-4-2-3-13(10-14)28(39)40/h2-6,8-10,16-17,20-21,34,39-40H,7,11H2,1H3. The summed E-state index contributed by atoms with van der Waals surface area (Å²) in [5.74, 6) is -7.93. The number of phenols is 1. The van der Waals surface area contributed by atoms with E-state index in [1.54, 1.807) is 6.08 Å². The number of carbonyl (C=O) groups is 4. The van der Waals surface area contributed by atoms with Crippen molar-refractivity contribution in [2.24, 2.45) is 17.8 Å². The quantitative estimate of drug-likeness (QED) is 0.214. The van der Waals surface area contributed by atoms with Gasteiger partial charge in [0, 0.05) is 13.0 Å². The highest BCUT2D eigenvalue weighted by atomic mass is 35.5. The van der Waals surface area contributed by atoms with Crippen LogP contribution in [0.5, 0.6) is 5.75 Å². The van der Waals surface area contributed by atoms with E-state index in [1.807, 2.05) is 0 Å². The molecule has 6 rings (SSSR count). The number of halogens is 3. The Morgan fingerprint density at radius 3 is 2.40 bits per heavy atom. The first-order chi connectivity index (χ1) is 18.8. The van der Waals surface area contributed by atoms with Crippen LogP contribution in [-0.2, 0) is 19.2 Å². The lowest BCUT2D eigenvalue weighted by Gasteiger charge is -2.50. The summed E-state index contributed by atoms with van der Waals surface area (Å²) in [5.41, 5.74) is 0.906. The number of phenolic OH excluding ortho intramolecular Hbond substituents is 1. The van der Waals surface area contributed by atoms with E-state index in [1.165, 1.54) is 37.4 Å². The minimum absolute atomic E-state index is 0.0867. The molecular weight excluding hydrogens is 565 g/mol. The number of nitrogens with zero attached hydrogens (tertiary/aromatic N) is 2. The lowest BCUT2D eigenvalue weighted by molar-refractivity contribution is -0.138. The number of anilines is 1. The highest BCUT2D eigenvalue weighted by Crippen LogP contribution is 2.65. The molecule has 6 atom stereocenters. The molecule has 4 aliphatic rings. The van der Waals surface area contributed by atoms with Crippen molar-refractivity contribution in [3.63, 3.8) is 0 Å². The lowest BCUT2D eigenvalue weighted by Crippen LogP contribution is -2.60. The van der Waals surface area contributed by atoms with Gasteiger partial charge in [0.25, 0.3) is 11.8 Å². The summed E-state index contributed by atoms with van der Waals surface area (Å²) in [5, 5.41) is 29.0. The molecule has 0 radical (unpaired) electrons. The number of hydrogen-bond acceptors (Lipinski definition) is 7. The van der Waals surface area contributed by atoms with E-state index >= 15 is 0 Å². The number of fused-ring (bicyclic) bond motifs is 4. The predicted molar refractivity (Wildman–Crippen MR) is 142 cm³/mol. The number of alkyl halides is 2. The molecule has 2 saturated heterocycles. The Morgan fingerprint density at radius 1 is 1.00 bits per heavy atom. The third-order valence-electron chi connectivity index (χ3n) is 8.75. The van der Waals surface area contributed by atoms with Gasteiger partial charge in [0.2, 0.25) is 11.8 Å². The van der Waals surface area contributed by atoms with Crippen molar-refractivity contribution in [1.82, 2.24) is 4.90 Å². The highest BCUT2D eigenvalue weighted by Gasteiger charge is 2.75. The van der Waals surface area contributed by atoms with Gasteiger partial charge < -0.3 is 15.2 Å². The maximum absolute atomic E-state index is 14.6. The molecule has 2 aromatic carbocycles. The van der Waals surface area contributed by atoms with Crippen LogP contribution in [0.2, 0.25) is 0 Å². The van der Waals surface area contributed by atoms with Crippen molar-refractivity contribution in [2.45, 2.75) is 28.5 Å². The minimum Gasteiger partial charge on any atom is -0.505 e. The van der Waals surface area contributed by atoms with E-state index in [9.17, 15) is 38.7 Å². The summed E-state index contributed by atoms with van der Waals surface area (Å²) in [6.45, 7) is 0. The Kier molecular flexibility index (Phi) is 5.98. The van der Waals surface area contributed by atoms with E-state index in [-0.39, 0.29) is 29.6 Å². The van der Waals surface area contributed by atoms with Crippen molar-refractivity contribution in [3.8, 4) is 5.75 Å². The molecule has 40 heavy (non-hydrogen) atoms. The van der Waals surface area contributed by atoms with Crippen molar-refractivity contribution in [2.75, 3.05) is 11.9 Å². The molecular formula is C27H22BCl2FN2O7. The molecule has 3 fully saturated rings. The van der Waals surface area contributed by atoms with E-state index in [4.69, 9.17) is 23.2 Å². The van der Waals surface area contributed by atoms with Gasteiger partial charge in [-0.3, -0.25) is 29.0 Å². The first-order valence-corrected chi connectivity index (χ1v) is 13.3. The van der Waals surface area contributed by atoms with Crippen molar-refractivity contribution >= 4 is 65.1 Å². The second kappa shape index (κ2) is 8.88. The molecule has 1 saturated carbocycles. The fourth-order valence-electron chi connectivity index (χ4n) is 6.90. The van der Waals surface area contributed by atoms with Gasteiger partial charge in [-0.05, 0) is 54.1 Å². The molecule has 0 spiro atoms. The zero-order valence-electron chi connectivity index (χ0n) is 20.9. The average molecular weight is 587 g/mol. The number of rotatable bonds is 3. The Balaban J connectivity index is 1.50. The predicted octanol–water partition coefficient (Wildman–Crippen LogP) is 1.40. The maximum atomic E-state index is 14.6. The third kappa shape index (κ3) is 3.35. The topological polar surface area (TPSA) is 135 Å². The Hall–Kier alpha value is -3.25. The van der Waals surface area contributed by atoms with Gasteiger partial charge >= 0.3 is 7.12 Å². The van der Waals surface area contributed by atoms with Crippen LogP contribution in [0, 0.1) is 23.6 Å². The number of hydrogen-bond donors (Lipinski definition) is 3. The van der Waals surface area contributed by atoms with E-state index in [2.05, 4.69) is 0 Å². The molecule has 2 aliphatic heterocycles. The molecule has 6 unspecified atom stereocenters. The van der Waals surface area contributed by atoms with Crippen LogP contribution in [0.4, 0.5) is 10.1 Å². The molecule has 206 valence electrons. The van der Waals surface area contributed by atoms with Gasteiger partial charge in [-0.2, -0.15) is 0 Å². The average Bonchev–Trinajstić information content (AvgIpc) is 3.25. The Morgan fingerprint density at radius 2 is 1.73 bits per heavy atom. The molecule has 2 aromatic rings. The minimum atomic E-state index is -2.06. The molecule has 2 heterocycles. The van der Waals surface area contributed by atoms with Gasteiger partial charge in [0.1, 0.15) is 0 Å². The molecule has 13 heteroatoms. The van der Waals surface area contributed by atoms with E-state index in [0.29, 0.717) is 5.57 Å². The summed E-state index contributed by atoms with van der Waals surface area (Å²) in [6.07, 6.45) is 1.59. The van der Waals surface area contributed by atoms with Crippen LogP contribution in [0.15, 0.2) is 54.1 Å². The summed E-state index contributed by atoms with van der Waals surface area (Å²) >= 11 is 14.1. The second-order valence-corrected chi connectivity index (χ2v) is 11.9. The smallest absolute Gasteiger partial charge is 0.488 e. The zero-order chi connectivity index (χ0) is 28.9. The van der Waals surface area contributed by atoms with Gasteiger partial charge in [0.15, 0.2) is 21.3 Å². The monoisotopic (exact) mass is 586 g/mol. The van der Waals surface area contributed by atoms with Gasteiger partial charge in [-0.1, -0.05) is 29.8 Å². The number of likely N-dealkylation sites (tertiary alicyclic amines) is 1. The number of imide groups is 2. The number of benzene rings is 2. The van der Waals surface area contributed by atoms with Crippen molar-refractivity contribution < 1.29 is 38.7 Å². The second-order valence-electron chi connectivity index (χ2n) is 10.7. The molecule has 4 amide bonds. The maximum Gasteiger partial charge on any atom is 0.488 e. The largest absolute Gasteiger partial charge is 0.505 e. The van der Waals surface area contributed by atoms with Crippen LogP contribution >= 0.6 is 23.2 Å². The summed E-state index contributed by atoms with van der Waals surface area (Å²) in [6, 6.07) is 9.26. The number of amides is 4. The molecule has 0 bridgehead atoms. The van der Waals surface area contributed by atoms with E-state index < -0.39 is 75.7 Å². The van der Waals surface area contributed by atoms with Crippen LogP contribution in [0.1, 0.15) is 24.3 Å². The number of aromatic hydroxyl groups is 1. The SMILES string of the molecule is CN1C(=O)C2(Cl)CC3C(=CCC4C(=O)N(c5cccc(B(O)O)c5)C(=O)C43)C(c3ccc(O)c(F)c3)C2(Cl)C1=O. The Bertz CT molecular complexity index is 1550. The van der Waals surface area contributed by atoms with E-state index in [0.717, 1.165) is 21.9 Å². The van der Waals surface area contributed by atoms with Crippen LogP contribution in [-0.4, -0.2) is 67.6 Å². The summed E-state index contributed by atoms with van der Waals surface area (Å²) in [4.78, 5) is 52.2. The van der Waals surface area contributed by atoms with Crippen LogP contribution in [0.3, 0.4) is 0 Å². The van der Waals surface area contributed by atoms with Gasteiger partial charge in [-0.15, -0.1) is 23.2 Å². The van der Waals surface area contributed by atoms with Crippen molar-refractivity contribution in [1.29, 1.82) is 0 Å².